The lowest BCUT2D eigenvalue weighted by Gasteiger charge is -2.22. The van der Waals surface area contributed by atoms with Crippen molar-refractivity contribution in [2.75, 3.05) is 32.4 Å². The van der Waals surface area contributed by atoms with Crippen LogP contribution in [0.2, 0.25) is 0 Å². The molecule has 3 heterocycles. The molecule has 2 fully saturated rings. The van der Waals surface area contributed by atoms with Crippen molar-refractivity contribution in [1.29, 1.82) is 0 Å². The number of pyridine rings is 1. The maximum absolute atomic E-state index is 13.4. The largest absolute Gasteiger partial charge is 0.337 e. The van der Waals surface area contributed by atoms with Crippen molar-refractivity contribution in [3.05, 3.63) is 23.0 Å². The standard InChI is InChI=1S/C18H25N5O3S/c1-12-16-14(11-15(13-5-6-13)19-17(16)21(2)20-12)18(24)22-7-4-8-23(10-9-22)27(3,25)26/h11,13H,4-10H2,1-3H3. The van der Waals surface area contributed by atoms with Crippen LogP contribution < -0.4 is 0 Å². The minimum atomic E-state index is -3.24. The number of hydrogen-bond donors (Lipinski definition) is 0. The van der Waals surface area contributed by atoms with Crippen molar-refractivity contribution in [2.45, 2.75) is 32.1 Å². The highest BCUT2D eigenvalue weighted by atomic mass is 32.2. The van der Waals surface area contributed by atoms with Gasteiger partial charge < -0.3 is 4.90 Å². The number of sulfonamides is 1. The van der Waals surface area contributed by atoms with Gasteiger partial charge in [-0.1, -0.05) is 0 Å². The molecule has 0 radical (unpaired) electrons. The van der Waals surface area contributed by atoms with Gasteiger partial charge in [0.1, 0.15) is 0 Å². The zero-order valence-electron chi connectivity index (χ0n) is 16.0. The van der Waals surface area contributed by atoms with Gasteiger partial charge in [-0.25, -0.2) is 17.7 Å². The SMILES string of the molecule is Cc1nn(C)c2nc(C3CC3)cc(C(=O)N3CCCN(S(C)(=O)=O)CC3)c12. The molecule has 1 saturated heterocycles. The number of amides is 1. The van der Waals surface area contributed by atoms with Crippen LogP contribution in [0.4, 0.5) is 0 Å². The molecule has 0 spiro atoms. The predicted molar refractivity (Wildman–Crippen MR) is 102 cm³/mol. The number of fused-ring (bicyclic) bond motifs is 1. The summed E-state index contributed by atoms with van der Waals surface area (Å²) in [6, 6.07) is 1.93. The summed E-state index contributed by atoms with van der Waals surface area (Å²) in [6.07, 6.45) is 4.07. The van der Waals surface area contributed by atoms with E-state index in [9.17, 15) is 13.2 Å². The number of hydrogen-bond acceptors (Lipinski definition) is 5. The molecule has 1 amide bonds. The van der Waals surface area contributed by atoms with E-state index in [1.807, 2.05) is 20.0 Å². The van der Waals surface area contributed by atoms with Crippen LogP contribution in [-0.4, -0.2) is 70.7 Å². The summed E-state index contributed by atoms with van der Waals surface area (Å²) in [6.45, 7) is 3.62. The zero-order chi connectivity index (χ0) is 19.3. The lowest BCUT2D eigenvalue weighted by molar-refractivity contribution is 0.0766. The Labute approximate surface area is 159 Å². The van der Waals surface area contributed by atoms with Gasteiger partial charge in [0.25, 0.3) is 5.91 Å². The average Bonchev–Trinajstić information content (AvgIpc) is 3.42. The van der Waals surface area contributed by atoms with E-state index < -0.39 is 10.0 Å². The van der Waals surface area contributed by atoms with Crippen molar-refractivity contribution in [3.63, 3.8) is 0 Å². The Balaban J connectivity index is 1.70. The molecule has 0 unspecified atom stereocenters. The first-order valence-electron chi connectivity index (χ1n) is 9.34. The molecule has 8 nitrogen and oxygen atoms in total. The van der Waals surface area contributed by atoms with Crippen molar-refractivity contribution in [3.8, 4) is 0 Å². The second-order valence-electron chi connectivity index (χ2n) is 7.58. The van der Waals surface area contributed by atoms with Crippen molar-refractivity contribution >= 4 is 27.0 Å². The fraction of sp³-hybridized carbons (Fsp3) is 0.611. The summed E-state index contributed by atoms with van der Waals surface area (Å²) in [4.78, 5) is 19.9. The van der Waals surface area contributed by atoms with E-state index in [1.165, 1.54) is 10.6 Å². The minimum absolute atomic E-state index is 0.0595. The van der Waals surface area contributed by atoms with Crippen molar-refractivity contribution in [2.24, 2.45) is 7.05 Å². The second kappa shape index (κ2) is 6.56. The lowest BCUT2D eigenvalue weighted by Crippen LogP contribution is -2.37. The third kappa shape index (κ3) is 3.45. The van der Waals surface area contributed by atoms with Crippen LogP contribution in [0.3, 0.4) is 0 Å². The molecule has 2 aromatic heterocycles. The molecule has 27 heavy (non-hydrogen) atoms. The fourth-order valence-electron chi connectivity index (χ4n) is 3.82. The lowest BCUT2D eigenvalue weighted by atomic mass is 10.1. The van der Waals surface area contributed by atoms with Gasteiger partial charge in [0, 0.05) is 44.8 Å². The van der Waals surface area contributed by atoms with Gasteiger partial charge in [-0.3, -0.25) is 9.48 Å². The summed E-state index contributed by atoms with van der Waals surface area (Å²) in [5.41, 5.74) is 3.13. The van der Waals surface area contributed by atoms with Gasteiger partial charge in [0.15, 0.2) is 5.65 Å². The predicted octanol–water partition coefficient (Wildman–Crippen LogP) is 1.26. The molecule has 0 bridgehead atoms. The van der Waals surface area contributed by atoms with Crippen LogP contribution in [0.5, 0.6) is 0 Å². The van der Waals surface area contributed by atoms with Crippen molar-refractivity contribution in [1.82, 2.24) is 24.0 Å². The van der Waals surface area contributed by atoms with E-state index in [0.29, 0.717) is 44.1 Å². The Morgan fingerprint density at radius 3 is 2.59 bits per heavy atom. The summed E-state index contributed by atoms with van der Waals surface area (Å²) < 4.78 is 26.9. The molecule has 1 aliphatic heterocycles. The summed E-state index contributed by atoms with van der Waals surface area (Å²) in [5, 5.41) is 5.26. The first kappa shape index (κ1) is 18.4. The molecule has 2 aliphatic rings. The maximum atomic E-state index is 13.4. The Kier molecular flexibility index (Phi) is 4.46. The van der Waals surface area contributed by atoms with E-state index in [1.54, 1.807) is 9.58 Å². The van der Waals surface area contributed by atoms with Crippen LogP contribution in [0, 0.1) is 6.92 Å². The Morgan fingerprint density at radius 1 is 1.19 bits per heavy atom. The number of aromatic nitrogens is 3. The van der Waals surface area contributed by atoms with Gasteiger partial charge in [0.2, 0.25) is 10.0 Å². The quantitative estimate of drug-likeness (QED) is 0.786. The van der Waals surface area contributed by atoms with E-state index in [0.717, 1.165) is 35.3 Å². The van der Waals surface area contributed by atoms with E-state index in [2.05, 4.69) is 5.10 Å². The van der Waals surface area contributed by atoms with Crippen LogP contribution in [0.25, 0.3) is 11.0 Å². The highest BCUT2D eigenvalue weighted by Crippen LogP contribution is 2.40. The Bertz CT molecular complexity index is 1010. The van der Waals surface area contributed by atoms with E-state index >= 15 is 0 Å². The second-order valence-corrected chi connectivity index (χ2v) is 9.57. The highest BCUT2D eigenvalue weighted by molar-refractivity contribution is 7.88. The van der Waals surface area contributed by atoms with Gasteiger partial charge in [-0.05, 0) is 32.3 Å². The van der Waals surface area contributed by atoms with Crippen LogP contribution in [-0.2, 0) is 17.1 Å². The molecule has 0 N–H and O–H groups in total. The monoisotopic (exact) mass is 391 g/mol. The van der Waals surface area contributed by atoms with E-state index in [4.69, 9.17) is 4.98 Å². The maximum Gasteiger partial charge on any atom is 0.254 e. The molecule has 9 heteroatoms. The number of nitrogens with zero attached hydrogens (tertiary/aromatic N) is 5. The molecule has 2 aromatic rings. The summed E-state index contributed by atoms with van der Waals surface area (Å²) >= 11 is 0. The number of carbonyl (C=O) groups excluding carboxylic acids is 1. The average molecular weight is 391 g/mol. The van der Waals surface area contributed by atoms with Gasteiger partial charge in [-0.2, -0.15) is 5.10 Å². The molecular weight excluding hydrogens is 366 g/mol. The summed E-state index contributed by atoms with van der Waals surface area (Å²) in [5.74, 6) is 0.372. The molecule has 0 atom stereocenters. The Hall–Kier alpha value is -2.00. The number of carbonyl (C=O) groups is 1. The van der Waals surface area contributed by atoms with E-state index in [-0.39, 0.29) is 5.91 Å². The third-order valence-electron chi connectivity index (χ3n) is 5.43. The normalized spacial score (nSPS) is 19.4. The molecule has 1 aliphatic carbocycles. The van der Waals surface area contributed by atoms with Crippen LogP contribution in [0.1, 0.15) is 46.9 Å². The first-order chi connectivity index (χ1) is 12.8. The van der Waals surface area contributed by atoms with Crippen molar-refractivity contribution < 1.29 is 13.2 Å². The third-order valence-corrected chi connectivity index (χ3v) is 6.73. The zero-order valence-corrected chi connectivity index (χ0v) is 16.8. The fourth-order valence-corrected chi connectivity index (χ4v) is 4.69. The topological polar surface area (TPSA) is 88.4 Å². The smallest absolute Gasteiger partial charge is 0.254 e. The van der Waals surface area contributed by atoms with Gasteiger partial charge in [0.05, 0.1) is 22.9 Å². The summed E-state index contributed by atoms with van der Waals surface area (Å²) in [7, 11) is -1.39. The number of rotatable bonds is 3. The molecule has 1 saturated carbocycles. The Morgan fingerprint density at radius 2 is 1.93 bits per heavy atom. The molecular formula is C18H25N5O3S. The van der Waals surface area contributed by atoms with Gasteiger partial charge >= 0.3 is 0 Å². The van der Waals surface area contributed by atoms with Gasteiger partial charge in [-0.15, -0.1) is 0 Å². The number of aryl methyl sites for hydroxylation is 2. The van der Waals surface area contributed by atoms with Crippen LogP contribution in [0.15, 0.2) is 6.07 Å². The molecule has 146 valence electrons. The first-order valence-corrected chi connectivity index (χ1v) is 11.2. The highest BCUT2D eigenvalue weighted by Gasteiger charge is 2.30. The van der Waals surface area contributed by atoms with Crippen LogP contribution >= 0.6 is 0 Å². The minimum Gasteiger partial charge on any atom is -0.337 e. The molecule has 0 aromatic carbocycles. The molecule has 4 rings (SSSR count).